The summed E-state index contributed by atoms with van der Waals surface area (Å²) in [4.78, 5) is 6.99. The minimum absolute atomic E-state index is 0.307. The summed E-state index contributed by atoms with van der Waals surface area (Å²) < 4.78 is 4.28. The van der Waals surface area contributed by atoms with E-state index in [1.54, 1.807) is 0 Å². The van der Waals surface area contributed by atoms with E-state index in [1.807, 2.05) is 12.4 Å². The molecule has 4 rings (SSSR count). The smallest absolute Gasteiger partial charge is 0.160 e. The number of hydrogen-bond donors (Lipinski definition) is 2. The Balaban J connectivity index is 1.44. The number of hydrogen-bond acceptors (Lipinski definition) is 5. The zero-order chi connectivity index (χ0) is 16.4. The molecule has 0 radical (unpaired) electrons. The normalized spacial score (nSPS) is 21.8. The van der Waals surface area contributed by atoms with Crippen molar-refractivity contribution >= 4 is 0 Å². The number of aliphatic hydroxyl groups excluding tert-OH is 1. The highest BCUT2D eigenvalue weighted by molar-refractivity contribution is 5.50. The van der Waals surface area contributed by atoms with Crippen molar-refractivity contribution in [3.05, 3.63) is 24.2 Å². The van der Waals surface area contributed by atoms with Crippen LogP contribution in [0.4, 0.5) is 0 Å². The van der Waals surface area contributed by atoms with E-state index >= 15 is 0 Å². The maximum absolute atomic E-state index is 9.38. The summed E-state index contributed by atoms with van der Waals surface area (Å²) in [7, 11) is 0. The summed E-state index contributed by atoms with van der Waals surface area (Å²) in [5.74, 6) is 1.39. The molecule has 1 atom stereocenters. The third-order valence-corrected chi connectivity index (χ3v) is 5.13. The Labute approximate surface area is 142 Å². The van der Waals surface area contributed by atoms with Crippen LogP contribution in [0.15, 0.2) is 18.5 Å². The summed E-state index contributed by atoms with van der Waals surface area (Å²) in [6.45, 7) is 7.12. The molecule has 7 nitrogen and oxygen atoms in total. The van der Waals surface area contributed by atoms with Crippen molar-refractivity contribution < 1.29 is 5.11 Å². The standard InChI is InChI=1S/C17H26N6O/c24-13-14-2-1-5-21(12-14)8-9-22-6-4-19-17(22)16-10-15-11-18-3-7-23(15)20-16/h4,6,10,14,18,24H,1-3,5,7-9,11-13H2/t14-/m0/s1. The molecule has 4 heterocycles. The minimum Gasteiger partial charge on any atom is -0.396 e. The molecule has 0 aromatic carbocycles. The molecule has 130 valence electrons. The van der Waals surface area contributed by atoms with Crippen molar-refractivity contribution in [2.24, 2.45) is 5.92 Å². The second-order valence-electron chi connectivity index (χ2n) is 6.86. The molecule has 2 aliphatic heterocycles. The molecular formula is C17H26N6O. The van der Waals surface area contributed by atoms with Crippen molar-refractivity contribution in [1.82, 2.24) is 29.5 Å². The van der Waals surface area contributed by atoms with Gasteiger partial charge in [-0.15, -0.1) is 0 Å². The third-order valence-electron chi connectivity index (χ3n) is 5.13. The predicted octanol–water partition coefficient (Wildman–Crippen LogP) is 0.554. The monoisotopic (exact) mass is 330 g/mol. The van der Waals surface area contributed by atoms with Gasteiger partial charge in [0.05, 0.1) is 12.2 Å². The largest absolute Gasteiger partial charge is 0.396 e. The number of rotatable bonds is 5. The first-order chi connectivity index (χ1) is 11.8. The fraction of sp³-hybridized carbons (Fsp3) is 0.647. The van der Waals surface area contributed by atoms with Gasteiger partial charge < -0.3 is 19.9 Å². The SMILES string of the molecule is OC[C@H]1CCCN(CCn2ccnc2-c2cc3n(n2)CCNC3)C1. The van der Waals surface area contributed by atoms with Crippen molar-refractivity contribution in [2.75, 3.05) is 32.8 Å². The summed E-state index contributed by atoms with van der Waals surface area (Å²) in [5, 5.41) is 17.5. The minimum atomic E-state index is 0.307. The second kappa shape index (κ2) is 7.04. The average Bonchev–Trinajstić information content (AvgIpc) is 3.26. The molecule has 0 amide bonds. The van der Waals surface area contributed by atoms with E-state index in [2.05, 4.69) is 30.5 Å². The first-order valence-corrected chi connectivity index (χ1v) is 8.95. The Bertz CT molecular complexity index is 655. The molecule has 0 saturated carbocycles. The molecule has 0 aliphatic carbocycles. The van der Waals surface area contributed by atoms with E-state index in [0.29, 0.717) is 12.5 Å². The second-order valence-corrected chi connectivity index (χ2v) is 6.86. The van der Waals surface area contributed by atoms with Crippen LogP contribution >= 0.6 is 0 Å². The highest BCUT2D eigenvalue weighted by Gasteiger charge is 2.20. The molecule has 1 saturated heterocycles. The number of piperidine rings is 1. The molecule has 0 bridgehead atoms. The lowest BCUT2D eigenvalue weighted by atomic mass is 9.99. The number of nitrogens with zero attached hydrogens (tertiary/aromatic N) is 5. The van der Waals surface area contributed by atoms with Crippen molar-refractivity contribution in [3.63, 3.8) is 0 Å². The third kappa shape index (κ3) is 3.24. The van der Waals surface area contributed by atoms with Gasteiger partial charge in [0.25, 0.3) is 0 Å². The molecule has 2 aliphatic rings. The van der Waals surface area contributed by atoms with E-state index < -0.39 is 0 Å². The molecule has 2 N–H and O–H groups in total. The van der Waals surface area contributed by atoms with Crippen LogP contribution in [0.1, 0.15) is 18.5 Å². The topological polar surface area (TPSA) is 71.1 Å². The van der Waals surface area contributed by atoms with Gasteiger partial charge in [-0.25, -0.2) is 4.98 Å². The van der Waals surface area contributed by atoms with Crippen LogP contribution in [-0.2, 0) is 19.6 Å². The van der Waals surface area contributed by atoms with Gasteiger partial charge in [-0.2, -0.15) is 5.10 Å². The lowest BCUT2D eigenvalue weighted by molar-refractivity contribution is 0.118. The maximum Gasteiger partial charge on any atom is 0.160 e. The summed E-state index contributed by atoms with van der Waals surface area (Å²) in [6.07, 6.45) is 6.23. The van der Waals surface area contributed by atoms with Crippen LogP contribution in [0.25, 0.3) is 11.5 Å². The van der Waals surface area contributed by atoms with E-state index in [1.165, 1.54) is 12.1 Å². The lowest BCUT2D eigenvalue weighted by Crippen LogP contribution is -2.38. The van der Waals surface area contributed by atoms with E-state index in [9.17, 15) is 5.11 Å². The van der Waals surface area contributed by atoms with E-state index in [0.717, 1.165) is 63.8 Å². The fourth-order valence-corrected chi connectivity index (χ4v) is 3.78. The number of aliphatic hydroxyl groups is 1. The van der Waals surface area contributed by atoms with E-state index in [4.69, 9.17) is 5.10 Å². The highest BCUT2D eigenvalue weighted by atomic mass is 16.3. The Morgan fingerprint density at radius 2 is 2.25 bits per heavy atom. The molecule has 24 heavy (non-hydrogen) atoms. The van der Waals surface area contributed by atoms with Crippen LogP contribution in [0.2, 0.25) is 0 Å². The van der Waals surface area contributed by atoms with Crippen LogP contribution in [0.5, 0.6) is 0 Å². The molecule has 2 aromatic rings. The van der Waals surface area contributed by atoms with Crippen molar-refractivity contribution in [1.29, 1.82) is 0 Å². The van der Waals surface area contributed by atoms with Gasteiger partial charge in [0.1, 0.15) is 5.69 Å². The Morgan fingerprint density at radius 3 is 3.12 bits per heavy atom. The Kier molecular flexibility index (Phi) is 4.64. The number of fused-ring (bicyclic) bond motifs is 1. The van der Waals surface area contributed by atoms with Gasteiger partial charge in [0.2, 0.25) is 0 Å². The first kappa shape index (κ1) is 15.8. The zero-order valence-electron chi connectivity index (χ0n) is 14.1. The highest BCUT2D eigenvalue weighted by Crippen LogP contribution is 2.20. The van der Waals surface area contributed by atoms with Gasteiger partial charge in [0.15, 0.2) is 5.82 Å². The predicted molar refractivity (Wildman–Crippen MR) is 91.4 cm³/mol. The summed E-state index contributed by atoms with van der Waals surface area (Å²) in [5.41, 5.74) is 2.19. The lowest BCUT2D eigenvalue weighted by Gasteiger charge is -2.31. The Morgan fingerprint density at radius 1 is 1.29 bits per heavy atom. The number of aromatic nitrogens is 4. The number of nitrogens with one attached hydrogen (secondary N) is 1. The number of imidazole rings is 1. The van der Waals surface area contributed by atoms with Gasteiger partial charge in [0, 0.05) is 51.7 Å². The molecular weight excluding hydrogens is 304 g/mol. The zero-order valence-corrected chi connectivity index (χ0v) is 14.1. The number of likely N-dealkylation sites (tertiary alicyclic amines) is 1. The van der Waals surface area contributed by atoms with Gasteiger partial charge in [-0.1, -0.05) is 0 Å². The fourth-order valence-electron chi connectivity index (χ4n) is 3.78. The molecule has 0 unspecified atom stereocenters. The van der Waals surface area contributed by atoms with Crippen molar-refractivity contribution in [2.45, 2.75) is 32.5 Å². The van der Waals surface area contributed by atoms with Crippen LogP contribution in [0.3, 0.4) is 0 Å². The van der Waals surface area contributed by atoms with Crippen LogP contribution < -0.4 is 5.32 Å². The van der Waals surface area contributed by atoms with Gasteiger partial charge in [-0.3, -0.25) is 4.68 Å². The van der Waals surface area contributed by atoms with Crippen molar-refractivity contribution in [3.8, 4) is 11.5 Å². The van der Waals surface area contributed by atoms with Crippen LogP contribution in [-0.4, -0.2) is 62.1 Å². The van der Waals surface area contributed by atoms with Gasteiger partial charge in [-0.05, 0) is 31.4 Å². The van der Waals surface area contributed by atoms with Crippen LogP contribution in [0, 0.1) is 5.92 Å². The average molecular weight is 330 g/mol. The first-order valence-electron chi connectivity index (χ1n) is 8.95. The van der Waals surface area contributed by atoms with E-state index in [-0.39, 0.29) is 0 Å². The van der Waals surface area contributed by atoms with Gasteiger partial charge >= 0.3 is 0 Å². The quantitative estimate of drug-likeness (QED) is 0.838. The Hall–Kier alpha value is -1.70. The molecule has 2 aromatic heterocycles. The maximum atomic E-state index is 9.38. The molecule has 7 heteroatoms. The molecule has 1 fully saturated rings. The summed E-state index contributed by atoms with van der Waals surface area (Å²) in [6, 6.07) is 2.15. The summed E-state index contributed by atoms with van der Waals surface area (Å²) >= 11 is 0. The molecule has 0 spiro atoms.